The summed E-state index contributed by atoms with van der Waals surface area (Å²) < 4.78 is 53.7. The summed E-state index contributed by atoms with van der Waals surface area (Å²) in [6.07, 6.45) is -0.247. The van der Waals surface area contributed by atoms with Crippen LogP contribution in [0.15, 0.2) is 0 Å². The van der Waals surface area contributed by atoms with Gasteiger partial charge in [-0.15, -0.1) is 0 Å². The molecule has 0 radical (unpaired) electrons. The van der Waals surface area contributed by atoms with Gasteiger partial charge in [0.2, 0.25) is 0 Å². The second kappa shape index (κ2) is 5.16. The van der Waals surface area contributed by atoms with Gasteiger partial charge < -0.3 is 4.90 Å². The molecule has 0 aromatic heterocycles. The van der Waals surface area contributed by atoms with Crippen molar-refractivity contribution in [3.8, 4) is 0 Å². The van der Waals surface area contributed by atoms with E-state index in [0.717, 1.165) is 4.90 Å². The van der Waals surface area contributed by atoms with Crippen LogP contribution in [0.1, 0.15) is 24.2 Å². The van der Waals surface area contributed by atoms with E-state index < -0.39 is 34.5 Å². The fourth-order valence-electron chi connectivity index (χ4n) is 1.56. The van der Waals surface area contributed by atoms with Crippen LogP contribution in [-0.2, 0) is 0 Å². The minimum atomic E-state index is -1.67. The van der Waals surface area contributed by atoms with Crippen molar-refractivity contribution in [1.82, 2.24) is 0 Å². The molecule has 0 spiro atoms. The lowest BCUT2D eigenvalue weighted by Crippen LogP contribution is -2.26. The molecule has 0 saturated heterocycles. The smallest absolute Gasteiger partial charge is 0.186 e. The van der Waals surface area contributed by atoms with Crippen molar-refractivity contribution in [2.75, 3.05) is 18.0 Å². The Morgan fingerprint density at radius 2 is 1.35 bits per heavy atom. The second-order valence-electron chi connectivity index (χ2n) is 3.31. The van der Waals surface area contributed by atoms with Crippen LogP contribution in [0.4, 0.5) is 23.2 Å². The molecular weight excluding hydrogens is 238 g/mol. The SMILES string of the molecule is CCN(CC)c1c(F)c(F)c(C=O)c(F)c1F. The average molecular weight is 249 g/mol. The van der Waals surface area contributed by atoms with E-state index in [2.05, 4.69) is 0 Å². The summed E-state index contributed by atoms with van der Waals surface area (Å²) in [6.45, 7) is 3.55. The number of halogens is 4. The normalized spacial score (nSPS) is 10.5. The lowest BCUT2D eigenvalue weighted by Gasteiger charge is -2.22. The Morgan fingerprint density at radius 3 is 1.65 bits per heavy atom. The van der Waals surface area contributed by atoms with Crippen LogP contribution in [0.25, 0.3) is 0 Å². The van der Waals surface area contributed by atoms with Gasteiger partial charge in [-0.2, -0.15) is 0 Å². The lowest BCUT2D eigenvalue weighted by molar-refractivity contribution is 0.111. The van der Waals surface area contributed by atoms with Crippen LogP contribution in [0.2, 0.25) is 0 Å². The van der Waals surface area contributed by atoms with Crippen molar-refractivity contribution in [1.29, 1.82) is 0 Å². The summed E-state index contributed by atoms with van der Waals surface area (Å²) in [5.41, 5.74) is -2.01. The van der Waals surface area contributed by atoms with Gasteiger partial charge in [0.05, 0.1) is 5.56 Å². The van der Waals surface area contributed by atoms with Gasteiger partial charge in [0.1, 0.15) is 5.69 Å². The van der Waals surface area contributed by atoms with Gasteiger partial charge in [-0.25, -0.2) is 17.6 Å². The monoisotopic (exact) mass is 249 g/mol. The number of nitrogens with zero attached hydrogens (tertiary/aromatic N) is 1. The van der Waals surface area contributed by atoms with Gasteiger partial charge in [0.25, 0.3) is 0 Å². The summed E-state index contributed by atoms with van der Waals surface area (Å²) >= 11 is 0. The lowest BCUT2D eigenvalue weighted by atomic mass is 10.1. The van der Waals surface area contributed by atoms with E-state index in [1.54, 1.807) is 13.8 Å². The van der Waals surface area contributed by atoms with Gasteiger partial charge in [0.15, 0.2) is 29.6 Å². The first-order valence-corrected chi connectivity index (χ1v) is 5.05. The summed E-state index contributed by atoms with van der Waals surface area (Å²) in [5, 5.41) is 0. The van der Waals surface area contributed by atoms with Crippen LogP contribution < -0.4 is 4.90 Å². The van der Waals surface area contributed by atoms with E-state index in [4.69, 9.17) is 0 Å². The molecule has 0 amide bonds. The minimum Gasteiger partial charge on any atom is -0.367 e. The molecule has 1 aromatic rings. The number of carbonyl (C=O) groups excluding carboxylic acids is 1. The molecule has 1 aromatic carbocycles. The van der Waals surface area contributed by atoms with Crippen molar-refractivity contribution in [3.63, 3.8) is 0 Å². The fraction of sp³-hybridized carbons (Fsp3) is 0.364. The number of aldehydes is 1. The van der Waals surface area contributed by atoms with Crippen LogP contribution in [0.3, 0.4) is 0 Å². The molecule has 0 N–H and O–H groups in total. The Bertz CT molecular complexity index is 415. The quantitative estimate of drug-likeness (QED) is 0.464. The number of hydrogen-bond donors (Lipinski definition) is 0. The van der Waals surface area contributed by atoms with E-state index in [1.165, 1.54) is 0 Å². The van der Waals surface area contributed by atoms with E-state index in [0.29, 0.717) is 0 Å². The zero-order valence-corrected chi connectivity index (χ0v) is 9.36. The molecule has 17 heavy (non-hydrogen) atoms. The predicted octanol–water partition coefficient (Wildman–Crippen LogP) is 2.90. The number of anilines is 1. The standard InChI is InChI=1S/C11H11F4NO/c1-3-16(4-2)11-9(14)7(12)6(5-17)8(13)10(11)15/h5H,3-4H2,1-2H3. The highest BCUT2D eigenvalue weighted by Crippen LogP contribution is 2.30. The fourth-order valence-corrected chi connectivity index (χ4v) is 1.56. The molecule has 0 aliphatic heterocycles. The molecule has 94 valence electrons. The molecule has 0 saturated carbocycles. The first kappa shape index (κ1) is 13.5. The topological polar surface area (TPSA) is 20.3 Å². The number of benzene rings is 1. The maximum atomic E-state index is 13.5. The van der Waals surface area contributed by atoms with Gasteiger partial charge in [-0.05, 0) is 13.8 Å². The molecule has 0 aliphatic carbocycles. The Kier molecular flexibility index (Phi) is 4.09. The molecular formula is C11H11F4NO. The van der Waals surface area contributed by atoms with Crippen molar-refractivity contribution in [3.05, 3.63) is 28.8 Å². The maximum Gasteiger partial charge on any atom is 0.186 e. The van der Waals surface area contributed by atoms with Crippen molar-refractivity contribution < 1.29 is 22.4 Å². The summed E-state index contributed by atoms with van der Waals surface area (Å²) in [4.78, 5) is 11.5. The molecule has 0 unspecified atom stereocenters. The van der Waals surface area contributed by atoms with Crippen molar-refractivity contribution >= 4 is 12.0 Å². The summed E-state index contributed by atoms with van der Waals surface area (Å²) in [5.74, 6) is -6.42. The zero-order valence-electron chi connectivity index (χ0n) is 9.36. The molecule has 1 rings (SSSR count). The molecule has 0 heterocycles. The molecule has 0 aliphatic rings. The third-order valence-corrected chi connectivity index (χ3v) is 2.47. The molecule has 0 bridgehead atoms. The number of rotatable bonds is 4. The first-order valence-electron chi connectivity index (χ1n) is 5.05. The highest BCUT2D eigenvalue weighted by atomic mass is 19.2. The summed E-state index contributed by atoms with van der Waals surface area (Å²) in [6, 6.07) is 0. The Hall–Kier alpha value is -1.59. The first-order chi connectivity index (χ1) is 7.99. The third kappa shape index (κ3) is 2.11. The van der Waals surface area contributed by atoms with E-state index in [1.807, 2.05) is 0 Å². The van der Waals surface area contributed by atoms with E-state index in [-0.39, 0.29) is 19.4 Å². The van der Waals surface area contributed by atoms with Crippen molar-refractivity contribution in [2.24, 2.45) is 0 Å². The van der Waals surface area contributed by atoms with Gasteiger partial charge in [-0.3, -0.25) is 4.79 Å². The van der Waals surface area contributed by atoms with Crippen molar-refractivity contribution in [2.45, 2.75) is 13.8 Å². The van der Waals surface area contributed by atoms with Gasteiger partial charge in [-0.1, -0.05) is 0 Å². The molecule has 0 atom stereocenters. The van der Waals surface area contributed by atoms with Crippen LogP contribution >= 0.6 is 0 Å². The summed E-state index contributed by atoms with van der Waals surface area (Å²) in [7, 11) is 0. The molecule has 0 fully saturated rings. The van der Waals surface area contributed by atoms with Crippen LogP contribution in [-0.4, -0.2) is 19.4 Å². The average Bonchev–Trinajstić information content (AvgIpc) is 2.33. The van der Waals surface area contributed by atoms with Crippen LogP contribution in [0.5, 0.6) is 0 Å². The molecule has 2 nitrogen and oxygen atoms in total. The number of carbonyl (C=O) groups is 1. The Labute approximate surface area is 95.8 Å². The highest BCUT2D eigenvalue weighted by molar-refractivity contribution is 5.77. The molecule has 6 heteroatoms. The third-order valence-electron chi connectivity index (χ3n) is 2.47. The Balaban J connectivity index is 3.57. The number of hydrogen-bond acceptors (Lipinski definition) is 2. The Morgan fingerprint density at radius 1 is 0.941 bits per heavy atom. The van der Waals surface area contributed by atoms with E-state index in [9.17, 15) is 22.4 Å². The van der Waals surface area contributed by atoms with Gasteiger partial charge in [0, 0.05) is 13.1 Å². The highest BCUT2D eigenvalue weighted by Gasteiger charge is 2.27. The van der Waals surface area contributed by atoms with Crippen LogP contribution in [0, 0.1) is 23.3 Å². The maximum absolute atomic E-state index is 13.5. The predicted molar refractivity (Wildman–Crippen MR) is 55.2 cm³/mol. The minimum absolute atomic E-state index is 0.184. The van der Waals surface area contributed by atoms with E-state index >= 15 is 0 Å². The second-order valence-corrected chi connectivity index (χ2v) is 3.31. The largest absolute Gasteiger partial charge is 0.367 e. The van der Waals surface area contributed by atoms with Gasteiger partial charge >= 0.3 is 0 Å². The zero-order chi connectivity index (χ0) is 13.2.